The maximum Gasteiger partial charge on any atom is 0.119 e. The highest BCUT2D eigenvalue weighted by atomic mass is 79.9. The van der Waals surface area contributed by atoms with Gasteiger partial charge in [-0.15, -0.1) is 0 Å². The summed E-state index contributed by atoms with van der Waals surface area (Å²) in [5, 5.41) is 10.2. The third kappa shape index (κ3) is 4.21. The molecule has 0 unspecified atom stereocenters. The van der Waals surface area contributed by atoms with Crippen LogP contribution in [-0.2, 0) is 0 Å². The van der Waals surface area contributed by atoms with Crippen LogP contribution in [0.15, 0.2) is 28.7 Å². The molecule has 0 amide bonds. The Morgan fingerprint density at radius 2 is 1.86 bits per heavy atom. The monoisotopic (exact) mass is 353 g/mol. The third-order valence-electron chi connectivity index (χ3n) is 4.81. The summed E-state index contributed by atoms with van der Waals surface area (Å²) in [4.78, 5) is 2.43. The van der Waals surface area contributed by atoms with Gasteiger partial charge in [0, 0.05) is 11.0 Å². The number of rotatable bonds is 5. The highest BCUT2D eigenvalue weighted by Gasteiger charge is 2.36. The van der Waals surface area contributed by atoms with Gasteiger partial charge in [-0.1, -0.05) is 15.9 Å². The molecular weight excluding hydrogens is 330 g/mol. The molecule has 1 heterocycles. The quantitative estimate of drug-likeness (QED) is 0.879. The second kappa shape index (κ2) is 6.67. The van der Waals surface area contributed by atoms with Crippen LogP contribution in [0.1, 0.15) is 32.1 Å². The van der Waals surface area contributed by atoms with Gasteiger partial charge in [0.2, 0.25) is 0 Å². The number of halogens is 1. The fourth-order valence-electron chi connectivity index (χ4n) is 3.22. The van der Waals surface area contributed by atoms with E-state index in [2.05, 4.69) is 20.8 Å². The first-order valence-electron chi connectivity index (χ1n) is 7.96. The minimum absolute atomic E-state index is 0.374. The molecule has 0 radical (unpaired) electrons. The van der Waals surface area contributed by atoms with E-state index in [1.807, 2.05) is 24.3 Å². The summed E-state index contributed by atoms with van der Waals surface area (Å²) in [5.41, 5.74) is -0.374. The average Bonchev–Trinajstić information content (AvgIpc) is 2.46. The zero-order valence-electron chi connectivity index (χ0n) is 12.4. The van der Waals surface area contributed by atoms with Crippen LogP contribution in [0.2, 0.25) is 0 Å². The first-order chi connectivity index (χ1) is 10.1. The van der Waals surface area contributed by atoms with E-state index in [-0.39, 0.29) is 5.60 Å². The Morgan fingerprint density at radius 1 is 1.19 bits per heavy atom. The Labute approximate surface area is 135 Å². The van der Waals surface area contributed by atoms with Crippen molar-refractivity contribution in [3.63, 3.8) is 0 Å². The van der Waals surface area contributed by atoms with Gasteiger partial charge in [0.25, 0.3) is 0 Å². The summed E-state index contributed by atoms with van der Waals surface area (Å²) in [7, 11) is 0. The minimum Gasteiger partial charge on any atom is -0.493 e. The van der Waals surface area contributed by atoms with Crippen molar-refractivity contribution in [3.05, 3.63) is 28.7 Å². The van der Waals surface area contributed by atoms with Crippen molar-refractivity contribution in [2.24, 2.45) is 5.92 Å². The van der Waals surface area contributed by atoms with Gasteiger partial charge in [-0.2, -0.15) is 0 Å². The standard InChI is InChI=1S/C17H24BrNO2/c18-15-2-4-16(5-3-15)21-12-14-6-10-19(11-7-14)13-17(20)8-1-9-17/h2-5,14,20H,1,6-13H2. The van der Waals surface area contributed by atoms with E-state index in [0.29, 0.717) is 5.92 Å². The molecule has 0 atom stereocenters. The maximum absolute atomic E-state index is 10.2. The molecule has 1 aromatic rings. The van der Waals surface area contributed by atoms with Gasteiger partial charge in [0.05, 0.1) is 12.2 Å². The largest absolute Gasteiger partial charge is 0.493 e. The van der Waals surface area contributed by atoms with E-state index in [4.69, 9.17) is 4.74 Å². The fraction of sp³-hybridized carbons (Fsp3) is 0.647. The minimum atomic E-state index is -0.374. The lowest BCUT2D eigenvalue weighted by Gasteiger charge is -2.42. The smallest absolute Gasteiger partial charge is 0.119 e. The topological polar surface area (TPSA) is 32.7 Å². The summed E-state index contributed by atoms with van der Waals surface area (Å²) in [6.07, 6.45) is 5.51. The molecule has 1 N–H and O–H groups in total. The Hall–Kier alpha value is -0.580. The lowest BCUT2D eigenvalue weighted by molar-refractivity contribution is -0.0644. The third-order valence-corrected chi connectivity index (χ3v) is 5.34. The average molecular weight is 354 g/mol. The van der Waals surface area contributed by atoms with E-state index in [1.165, 1.54) is 19.3 Å². The van der Waals surface area contributed by atoms with Crippen molar-refractivity contribution < 1.29 is 9.84 Å². The van der Waals surface area contributed by atoms with Crippen LogP contribution in [0.5, 0.6) is 5.75 Å². The molecule has 1 aliphatic heterocycles. The summed E-state index contributed by atoms with van der Waals surface area (Å²) in [6.45, 7) is 3.86. The molecule has 116 valence electrons. The van der Waals surface area contributed by atoms with Crippen molar-refractivity contribution in [3.8, 4) is 5.75 Å². The van der Waals surface area contributed by atoms with Gasteiger partial charge in [-0.05, 0) is 75.4 Å². The molecule has 0 spiro atoms. The van der Waals surface area contributed by atoms with Crippen LogP contribution in [0.25, 0.3) is 0 Å². The SMILES string of the molecule is OC1(CN2CCC(COc3ccc(Br)cc3)CC2)CCC1. The molecule has 4 heteroatoms. The first kappa shape index (κ1) is 15.3. The molecule has 2 aliphatic rings. The number of hydrogen-bond acceptors (Lipinski definition) is 3. The van der Waals surface area contributed by atoms with Crippen LogP contribution in [0.3, 0.4) is 0 Å². The molecular formula is C17H24BrNO2. The summed E-state index contributed by atoms with van der Waals surface area (Å²) in [6, 6.07) is 8.03. The van der Waals surface area contributed by atoms with E-state index in [9.17, 15) is 5.11 Å². The van der Waals surface area contributed by atoms with E-state index in [0.717, 1.165) is 49.3 Å². The van der Waals surface area contributed by atoms with E-state index in [1.54, 1.807) is 0 Å². The van der Waals surface area contributed by atoms with Gasteiger partial charge >= 0.3 is 0 Å². The number of benzene rings is 1. The van der Waals surface area contributed by atoms with E-state index < -0.39 is 0 Å². The molecule has 2 fully saturated rings. The summed E-state index contributed by atoms with van der Waals surface area (Å²) >= 11 is 3.43. The number of nitrogens with zero attached hydrogens (tertiary/aromatic N) is 1. The van der Waals surface area contributed by atoms with Gasteiger partial charge < -0.3 is 14.7 Å². The molecule has 3 rings (SSSR count). The molecule has 1 aliphatic carbocycles. The molecule has 0 bridgehead atoms. The normalized spacial score (nSPS) is 22.8. The van der Waals surface area contributed by atoms with Gasteiger partial charge in [-0.25, -0.2) is 0 Å². The van der Waals surface area contributed by atoms with E-state index >= 15 is 0 Å². The number of likely N-dealkylation sites (tertiary alicyclic amines) is 1. The van der Waals surface area contributed by atoms with Crippen LogP contribution >= 0.6 is 15.9 Å². The van der Waals surface area contributed by atoms with Crippen LogP contribution < -0.4 is 4.74 Å². The molecule has 1 saturated carbocycles. The van der Waals surface area contributed by atoms with Gasteiger partial charge in [-0.3, -0.25) is 0 Å². The highest BCUT2D eigenvalue weighted by Crippen LogP contribution is 2.33. The summed E-state index contributed by atoms with van der Waals surface area (Å²) < 4.78 is 6.96. The number of β-amino-alcohol motifs (C(OH)–C–C–N with tert-alkyl or cyclic N) is 1. The lowest BCUT2D eigenvalue weighted by Crippen LogP contribution is -2.50. The Kier molecular flexibility index (Phi) is 4.87. The van der Waals surface area contributed by atoms with Crippen molar-refractivity contribution >= 4 is 15.9 Å². The Morgan fingerprint density at radius 3 is 2.43 bits per heavy atom. The van der Waals surface area contributed by atoms with Crippen molar-refractivity contribution in [1.82, 2.24) is 4.90 Å². The number of hydrogen-bond donors (Lipinski definition) is 1. The predicted molar refractivity (Wildman–Crippen MR) is 87.6 cm³/mol. The first-order valence-corrected chi connectivity index (χ1v) is 8.75. The number of piperidine rings is 1. The predicted octanol–water partition coefficient (Wildman–Crippen LogP) is 3.45. The van der Waals surface area contributed by atoms with Crippen molar-refractivity contribution in [1.29, 1.82) is 0 Å². The van der Waals surface area contributed by atoms with Gasteiger partial charge in [0.1, 0.15) is 5.75 Å². The van der Waals surface area contributed by atoms with Crippen molar-refractivity contribution in [2.45, 2.75) is 37.7 Å². The molecule has 1 aromatic carbocycles. The molecule has 1 saturated heterocycles. The lowest BCUT2D eigenvalue weighted by atomic mass is 9.79. The maximum atomic E-state index is 10.2. The zero-order valence-corrected chi connectivity index (χ0v) is 14.0. The Balaban J connectivity index is 1.38. The fourth-order valence-corrected chi connectivity index (χ4v) is 3.48. The van der Waals surface area contributed by atoms with Crippen LogP contribution in [-0.4, -0.2) is 41.8 Å². The molecule has 21 heavy (non-hydrogen) atoms. The molecule has 0 aromatic heterocycles. The second-order valence-electron chi connectivity index (χ2n) is 6.56. The molecule has 3 nitrogen and oxygen atoms in total. The Bertz CT molecular complexity index is 450. The number of aliphatic hydroxyl groups is 1. The second-order valence-corrected chi connectivity index (χ2v) is 7.48. The van der Waals surface area contributed by atoms with Crippen LogP contribution in [0.4, 0.5) is 0 Å². The summed E-state index contributed by atoms with van der Waals surface area (Å²) in [5.74, 6) is 1.59. The zero-order chi connectivity index (χ0) is 14.7. The highest BCUT2D eigenvalue weighted by molar-refractivity contribution is 9.10. The van der Waals surface area contributed by atoms with Crippen LogP contribution in [0, 0.1) is 5.92 Å². The number of ether oxygens (including phenoxy) is 1. The van der Waals surface area contributed by atoms with Gasteiger partial charge in [0.15, 0.2) is 0 Å². The van der Waals surface area contributed by atoms with Crippen molar-refractivity contribution in [2.75, 3.05) is 26.2 Å².